The molecule has 0 saturated heterocycles. The molecular weight excluding hydrogens is 340 g/mol. The lowest BCUT2D eigenvalue weighted by Crippen LogP contribution is -2.24. The Labute approximate surface area is 158 Å². The van der Waals surface area contributed by atoms with Crippen molar-refractivity contribution >= 4 is 17.7 Å². The molecule has 0 bridgehead atoms. The maximum absolute atomic E-state index is 11.6. The van der Waals surface area contributed by atoms with Gasteiger partial charge in [-0.15, -0.1) is 11.8 Å². The molecule has 2 nitrogen and oxygen atoms in total. The first kappa shape index (κ1) is 18.0. The van der Waals surface area contributed by atoms with Crippen LogP contribution >= 0.6 is 11.8 Å². The Kier molecular flexibility index (Phi) is 5.92. The molecule has 0 saturated carbocycles. The summed E-state index contributed by atoms with van der Waals surface area (Å²) in [6.45, 7) is 0. The molecule has 0 N–H and O–H groups in total. The molecule has 0 radical (unpaired) electrons. The van der Waals surface area contributed by atoms with Crippen molar-refractivity contribution in [2.24, 2.45) is 0 Å². The van der Waals surface area contributed by atoms with Crippen LogP contribution in [0, 0.1) is 0 Å². The van der Waals surface area contributed by atoms with Gasteiger partial charge in [0, 0.05) is 6.08 Å². The molecule has 3 aromatic rings. The van der Waals surface area contributed by atoms with E-state index in [1.165, 1.54) is 13.2 Å². The molecule has 0 aliphatic rings. The summed E-state index contributed by atoms with van der Waals surface area (Å²) in [4.78, 5) is 11.6. The molecule has 3 rings (SSSR count). The summed E-state index contributed by atoms with van der Waals surface area (Å²) in [7, 11) is 1.39. The molecule has 130 valence electrons. The van der Waals surface area contributed by atoms with Crippen molar-refractivity contribution in [2.45, 2.75) is 4.75 Å². The zero-order valence-electron chi connectivity index (χ0n) is 14.5. The molecule has 0 aliphatic heterocycles. The summed E-state index contributed by atoms with van der Waals surface area (Å²) < 4.78 is 4.28. The van der Waals surface area contributed by atoms with Gasteiger partial charge in [0.1, 0.15) is 0 Å². The van der Waals surface area contributed by atoms with Crippen molar-refractivity contribution in [1.29, 1.82) is 0 Å². The summed E-state index contributed by atoms with van der Waals surface area (Å²) in [6.07, 6.45) is 1.47. The van der Waals surface area contributed by atoms with Crippen molar-refractivity contribution in [1.82, 2.24) is 0 Å². The van der Waals surface area contributed by atoms with E-state index in [-0.39, 0.29) is 5.97 Å². The molecule has 0 amide bonds. The number of carbonyl (C=O) groups excluding carboxylic acids is 1. The second kappa shape index (κ2) is 8.54. The molecule has 0 heterocycles. The van der Waals surface area contributed by atoms with Crippen LogP contribution in [0.4, 0.5) is 0 Å². The van der Waals surface area contributed by atoms with Gasteiger partial charge in [-0.05, 0) is 22.1 Å². The zero-order valence-corrected chi connectivity index (χ0v) is 15.4. The van der Waals surface area contributed by atoms with Gasteiger partial charge in [0.15, 0.2) is 0 Å². The second-order valence-corrected chi connectivity index (χ2v) is 6.84. The van der Waals surface area contributed by atoms with Gasteiger partial charge in [-0.1, -0.05) is 91.0 Å². The minimum atomic E-state index is -0.464. The summed E-state index contributed by atoms with van der Waals surface area (Å²) in [5.41, 5.74) is 3.45. The fourth-order valence-electron chi connectivity index (χ4n) is 2.98. The maximum Gasteiger partial charge on any atom is 0.330 e. The SMILES string of the molecule is COC(=O)C=CSC(c1ccccc1)(c1ccccc1)c1ccccc1. The molecule has 0 fully saturated rings. The highest BCUT2D eigenvalue weighted by molar-refractivity contribution is 8.03. The van der Waals surface area contributed by atoms with Crippen molar-refractivity contribution < 1.29 is 9.53 Å². The van der Waals surface area contributed by atoms with Crippen molar-refractivity contribution in [3.63, 3.8) is 0 Å². The second-order valence-electron chi connectivity index (χ2n) is 5.72. The number of hydrogen-bond acceptors (Lipinski definition) is 3. The van der Waals surface area contributed by atoms with E-state index >= 15 is 0 Å². The molecule has 0 unspecified atom stereocenters. The Morgan fingerprint density at radius 1 is 0.769 bits per heavy atom. The highest BCUT2D eigenvalue weighted by Gasteiger charge is 2.36. The normalized spacial score (nSPS) is 11.4. The van der Waals surface area contributed by atoms with Crippen LogP contribution in [-0.2, 0) is 14.3 Å². The van der Waals surface area contributed by atoms with Crippen LogP contribution in [0.3, 0.4) is 0 Å². The largest absolute Gasteiger partial charge is 0.466 e. The van der Waals surface area contributed by atoms with Gasteiger partial charge in [0.05, 0.1) is 11.9 Å². The molecule has 26 heavy (non-hydrogen) atoms. The molecular formula is C23H20O2S. The average Bonchev–Trinajstić information content (AvgIpc) is 2.73. The van der Waals surface area contributed by atoms with Gasteiger partial charge < -0.3 is 4.74 Å². The van der Waals surface area contributed by atoms with Crippen molar-refractivity contribution in [3.05, 3.63) is 119 Å². The summed E-state index contributed by atoms with van der Waals surface area (Å²) in [5.74, 6) is -0.361. The van der Waals surface area contributed by atoms with Gasteiger partial charge in [0.25, 0.3) is 0 Å². The first-order valence-corrected chi connectivity index (χ1v) is 9.24. The predicted molar refractivity (Wildman–Crippen MR) is 108 cm³/mol. The predicted octanol–water partition coefficient (Wildman–Crippen LogP) is 5.40. The van der Waals surface area contributed by atoms with Crippen LogP contribution < -0.4 is 0 Å². The smallest absolute Gasteiger partial charge is 0.330 e. The summed E-state index contributed by atoms with van der Waals surface area (Å²) >= 11 is 1.59. The Bertz CT molecular complexity index is 762. The number of hydrogen-bond donors (Lipinski definition) is 0. The number of thioether (sulfide) groups is 1. The van der Waals surface area contributed by atoms with Crippen LogP contribution in [0.2, 0.25) is 0 Å². The van der Waals surface area contributed by atoms with Crippen LogP contribution in [0.5, 0.6) is 0 Å². The summed E-state index contributed by atoms with van der Waals surface area (Å²) in [6, 6.07) is 31.0. The maximum atomic E-state index is 11.6. The van der Waals surface area contributed by atoms with E-state index in [0.29, 0.717) is 0 Å². The number of rotatable bonds is 6. The van der Waals surface area contributed by atoms with Crippen LogP contribution in [0.15, 0.2) is 102 Å². The van der Waals surface area contributed by atoms with Gasteiger partial charge >= 0.3 is 5.97 Å². The number of ether oxygens (including phenoxy) is 1. The van der Waals surface area contributed by atoms with Gasteiger partial charge in [-0.25, -0.2) is 4.79 Å². The fraction of sp³-hybridized carbons (Fsp3) is 0.0870. The lowest BCUT2D eigenvalue weighted by molar-refractivity contribution is -0.134. The van der Waals surface area contributed by atoms with E-state index in [1.54, 1.807) is 11.8 Å². The molecule has 0 atom stereocenters. The molecule has 3 aromatic carbocycles. The molecule has 0 aliphatic carbocycles. The van der Waals surface area contributed by atoms with Gasteiger partial charge in [0.2, 0.25) is 0 Å². The minimum absolute atomic E-state index is 0.361. The third-order valence-electron chi connectivity index (χ3n) is 4.19. The average molecular weight is 360 g/mol. The molecule has 3 heteroatoms. The van der Waals surface area contributed by atoms with Crippen molar-refractivity contribution in [3.8, 4) is 0 Å². The minimum Gasteiger partial charge on any atom is -0.466 e. The van der Waals surface area contributed by atoms with E-state index in [2.05, 4.69) is 36.4 Å². The Hall–Kier alpha value is -2.78. The highest BCUT2D eigenvalue weighted by Crippen LogP contribution is 2.48. The quantitative estimate of drug-likeness (QED) is 0.334. The number of methoxy groups -OCH3 is 1. The third kappa shape index (κ3) is 3.73. The van der Waals surface area contributed by atoms with Crippen molar-refractivity contribution in [2.75, 3.05) is 7.11 Å². The van der Waals surface area contributed by atoms with Gasteiger partial charge in [-0.2, -0.15) is 0 Å². The van der Waals surface area contributed by atoms with E-state index in [1.807, 2.05) is 60.0 Å². The first-order valence-electron chi connectivity index (χ1n) is 8.36. The first-order chi connectivity index (χ1) is 12.8. The standard InChI is InChI=1S/C23H20O2S/c1-25-22(24)17-18-26-23(19-11-5-2-6-12-19,20-13-7-3-8-14-20)21-15-9-4-10-16-21/h2-18H,1H3. The van der Waals surface area contributed by atoms with Crippen LogP contribution in [0.25, 0.3) is 0 Å². The molecule has 0 aromatic heterocycles. The van der Waals surface area contributed by atoms with Crippen LogP contribution in [0.1, 0.15) is 16.7 Å². The number of esters is 1. The zero-order chi connectivity index (χ0) is 18.2. The van der Waals surface area contributed by atoms with Crippen LogP contribution in [-0.4, -0.2) is 13.1 Å². The van der Waals surface area contributed by atoms with Gasteiger partial charge in [-0.3, -0.25) is 0 Å². The highest BCUT2D eigenvalue weighted by atomic mass is 32.2. The van der Waals surface area contributed by atoms with E-state index in [0.717, 1.165) is 16.7 Å². The number of benzene rings is 3. The monoisotopic (exact) mass is 360 g/mol. The van der Waals surface area contributed by atoms with E-state index in [4.69, 9.17) is 4.74 Å². The lowest BCUT2D eigenvalue weighted by Gasteiger charge is -2.34. The Morgan fingerprint density at radius 3 is 1.50 bits per heavy atom. The van der Waals surface area contributed by atoms with E-state index < -0.39 is 4.75 Å². The number of carbonyl (C=O) groups is 1. The lowest BCUT2D eigenvalue weighted by atomic mass is 9.84. The molecule has 0 spiro atoms. The Morgan fingerprint density at radius 2 is 1.15 bits per heavy atom. The summed E-state index contributed by atoms with van der Waals surface area (Å²) in [5, 5.41) is 1.82. The topological polar surface area (TPSA) is 26.3 Å². The third-order valence-corrected chi connectivity index (χ3v) is 5.52. The fourth-order valence-corrected chi connectivity index (χ4v) is 4.18. The Balaban J connectivity index is 2.21. The van der Waals surface area contributed by atoms with E-state index in [9.17, 15) is 4.79 Å².